The van der Waals surface area contributed by atoms with E-state index in [0.717, 1.165) is 0 Å². The van der Waals surface area contributed by atoms with Crippen molar-refractivity contribution in [2.45, 2.75) is 26.8 Å². The number of rotatable bonds is 3. The molecule has 0 fully saturated rings. The number of hydrogen-bond acceptors (Lipinski definition) is 3. The maximum absolute atomic E-state index is 3.51. The molecule has 1 nitrogen and oxygen atoms in total. The van der Waals surface area contributed by atoms with Crippen LogP contribution in [-0.2, 0) is 0 Å². The van der Waals surface area contributed by atoms with E-state index in [1.165, 1.54) is 21.0 Å². The summed E-state index contributed by atoms with van der Waals surface area (Å²) in [5, 5.41) is 7.75. The summed E-state index contributed by atoms with van der Waals surface area (Å²) in [7, 11) is 0. The van der Waals surface area contributed by atoms with Crippen LogP contribution in [0.5, 0.6) is 0 Å². The van der Waals surface area contributed by atoms with Crippen molar-refractivity contribution >= 4 is 28.4 Å². The van der Waals surface area contributed by atoms with Gasteiger partial charge in [-0.2, -0.15) is 11.3 Å². The van der Waals surface area contributed by atoms with Crippen molar-refractivity contribution in [3.05, 3.63) is 38.2 Å². The first kappa shape index (κ1) is 10.7. The quantitative estimate of drug-likeness (QED) is 0.822. The molecule has 2 aromatic heterocycles. The van der Waals surface area contributed by atoms with Crippen LogP contribution in [0, 0.1) is 13.8 Å². The molecule has 0 saturated heterocycles. The molecule has 0 amide bonds. The Morgan fingerprint density at radius 1 is 1.33 bits per heavy atom. The predicted octanol–water partition coefficient (Wildman–Crippen LogP) is 4.60. The molecule has 2 rings (SSSR count). The van der Waals surface area contributed by atoms with Crippen molar-refractivity contribution in [2.24, 2.45) is 0 Å². The van der Waals surface area contributed by atoms with E-state index in [4.69, 9.17) is 0 Å². The highest BCUT2D eigenvalue weighted by Gasteiger charge is 2.10. The van der Waals surface area contributed by atoms with Gasteiger partial charge in [0.1, 0.15) is 0 Å². The van der Waals surface area contributed by atoms with Gasteiger partial charge in [-0.25, -0.2) is 0 Å². The van der Waals surface area contributed by atoms with Crippen molar-refractivity contribution in [2.75, 3.05) is 5.32 Å². The lowest BCUT2D eigenvalue weighted by molar-refractivity contribution is 0.883. The minimum Gasteiger partial charge on any atom is -0.378 e. The fraction of sp³-hybridized carbons (Fsp3) is 0.333. The van der Waals surface area contributed by atoms with Crippen molar-refractivity contribution in [1.29, 1.82) is 0 Å². The average Bonchev–Trinajstić information content (AvgIpc) is 2.75. The third kappa shape index (κ3) is 2.41. The third-order valence-corrected chi connectivity index (χ3v) is 4.12. The number of hydrogen-bond donors (Lipinski definition) is 1. The second kappa shape index (κ2) is 4.37. The Morgan fingerprint density at radius 2 is 2.13 bits per heavy atom. The summed E-state index contributed by atoms with van der Waals surface area (Å²) in [5.74, 6) is 0. The monoisotopic (exact) mass is 237 g/mol. The summed E-state index contributed by atoms with van der Waals surface area (Å²) < 4.78 is 0. The summed E-state index contributed by atoms with van der Waals surface area (Å²) in [6, 6.07) is 4.80. The largest absolute Gasteiger partial charge is 0.378 e. The van der Waals surface area contributed by atoms with Gasteiger partial charge in [-0.3, -0.25) is 0 Å². The van der Waals surface area contributed by atoms with Crippen molar-refractivity contribution < 1.29 is 0 Å². The Hall–Kier alpha value is -0.800. The molecule has 0 bridgehead atoms. The lowest BCUT2D eigenvalue weighted by atomic mass is 10.1. The molecule has 0 radical (unpaired) electrons. The second-order valence-corrected chi connectivity index (χ2v) is 5.99. The van der Waals surface area contributed by atoms with Crippen LogP contribution in [0.25, 0.3) is 0 Å². The number of anilines is 1. The molecule has 15 heavy (non-hydrogen) atoms. The van der Waals surface area contributed by atoms with Gasteiger partial charge in [0.25, 0.3) is 0 Å². The van der Waals surface area contributed by atoms with Gasteiger partial charge in [-0.05, 0) is 43.8 Å². The minimum absolute atomic E-state index is 0.393. The van der Waals surface area contributed by atoms with Crippen LogP contribution >= 0.6 is 22.7 Å². The van der Waals surface area contributed by atoms with E-state index >= 15 is 0 Å². The van der Waals surface area contributed by atoms with Crippen molar-refractivity contribution in [1.82, 2.24) is 0 Å². The normalized spacial score (nSPS) is 12.7. The molecule has 1 atom stereocenters. The molecule has 0 saturated carbocycles. The molecule has 80 valence electrons. The molecule has 0 aliphatic heterocycles. The highest BCUT2D eigenvalue weighted by Crippen LogP contribution is 2.28. The first-order chi connectivity index (χ1) is 7.16. The van der Waals surface area contributed by atoms with Gasteiger partial charge < -0.3 is 5.32 Å². The lowest BCUT2D eigenvalue weighted by Crippen LogP contribution is -2.05. The summed E-state index contributed by atoms with van der Waals surface area (Å²) >= 11 is 3.60. The van der Waals surface area contributed by atoms with Gasteiger partial charge in [-0.15, -0.1) is 11.3 Å². The fourth-order valence-corrected chi connectivity index (χ4v) is 3.37. The Labute approximate surface area is 98.8 Å². The highest BCUT2D eigenvalue weighted by molar-refractivity contribution is 7.12. The third-order valence-electron chi connectivity index (χ3n) is 2.45. The maximum Gasteiger partial charge on any atom is 0.0496 e. The predicted molar refractivity (Wildman–Crippen MR) is 70.1 cm³/mol. The molecule has 0 aromatic carbocycles. The van der Waals surface area contributed by atoms with Crippen LogP contribution in [0.1, 0.15) is 28.3 Å². The lowest BCUT2D eigenvalue weighted by Gasteiger charge is -2.13. The minimum atomic E-state index is 0.393. The van der Waals surface area contributed by atoms with Gasteiger partial charge in [0.2, 0.25) is 0 Å². The molecule has 0 spiro atoms. The van der Waals surface area contributed by atoms with Crippen molar-refractivity contribution in [3.63, 3.8) is 0 Å². The van der Waals surface area contributed by atoms with Gasteiger partial charge in [0.05, 0.1) is 0 Å². The topological polar surface area (TPSA) is 12.0 Å². The highest BCUT2D eigenvalue weighted by atomic mass is 32.1. The van der Waals surface area contributed by atoms with E-state index in [-0.39, 0.29) is 0 Å². The van der Waals surface area contributed by atoms with Gasteiger partial charge in [-0.1, -0.05) is 0 Å². The van der Waals surface area contributed by atoms with E-state index in [1.54, 1.807) is 11.3 Å². The molecular formula is C12H15NS2. The van der Waals surface area contributed by atoms with E-state index in [2.05, 4.69) is 49.0 Å². The molecule has 3 heteroatoms. The Balaban J connectivity index is 2.14. The zero-order valence-corrected chi connectivity index (χ0v) is 10.8. The average molecular weight is 237 g/mol. The van der Waals surface area contributed by atoms with Crippen LogP contribution in [0.15, 0.2) is 22.9 Å². The van der Waals surface area contributed by atoms with E-state index in [0.29, 0.717) is 6.04 Å². The second-order valence-electron chi connectivity index (χ2n) is 3.75. The first-order valence-electron chi connectivity index (χ1n) is 5.02. The van der Waals surface area contributed by atoms with Gasteiger partial charge in [0.15, 0.2) is 0 Å². The van der Waals surface area contributed by atoms with E-state index in [9.17, 15) is 0 Å². The summed E-state index contributed by atoms with van der Waals surface area (Å²) in [6.07, 6.45) is 0. The fourth-order valence-electron chi connectivity index (χ4n) is 1.75. The summed E-state index contributed by atoms with van der Waals surface area (Å²) in [6.45, 7) is 6.57. The smallest absolute Gasteiger partial charge is 0.0496 e. The number of thiophene rings is 2. The number of aryl methyl sites for hydroxylation is 2. The molecule has 0 aliphatic carbocycles. The molecular weight excluding hydrogens is 222 g/mol. The SMILES string of the molecule is Cc1cc(C(C)Nc2ccsc2)c(C)s1. The number of nitrogens with one attached hydrogen (secondary N) is 1. The molecule has 1 N–H and O–H groups in total. The zero-order chi connectivity index (χ0) is 10.8. The van der Waals surface area contributed by atoms with Crippen molar-refractivity contribution in [3.8, 4) is 0 Å². The molecule has 2 aromatic rings. The van der Waals surface area contributed by atoms with Crippen LogP contribution in [0.4, 0.5) is 5.69 Å². The molecule has 2 heterocycles. The van der Waals surface area contributed by atoms with E-state index in [1.807, 2.05) is 11.3 Å². The summed E-state index contributed by atoms with van der Waals surface area (Å²) in [4.78, 5) is 2.81. The Kier molecular flexibility index (Phi) is 3.12. The van der Waals surface area contributed by atoms with Crippen LogP contribution in [0.3, 0.4) is 0 Å². The standard InChI is InChI=1S/C12H15NS2/c1-8-6-12(10(3)15-8)9(2)13-11-4-5-14-7-11/h4-7,9,13H,1-3H3. The van der Waals surface area contributed by atoms with Crippen LogP contribution in [-0.4, -0.2) is 0 Å². The molecule has 1 unspecified atom stereocenters. The van der Waals surface area contributed by atoms with E-state index < -0.39 is 0 Å². The van der Waals surface area contributed by atoms with Crippen LogP contribution in [0.2, 0.25) is 0 Å². The van der Waals surface area contributed by atoms with Gasteiger partial charge >= 0.3 is 0 Å². The first-order valence-corrected chi connectivity index (χ1v) is 6.78. The summed E-state index contributed by atoms with van der Waals surface area (Å²) in [5.41, 5.74) is 2.64. The van der Waals surface area contributed by atoms with Crippen LogP contribution < -0.4 is 5.32 Å². The maximum atomic E-state index is 3.51. The molecule has 0 aliphatic rings. The Morgan fingerprint density at radius 3 is 2.67 bits per heavy atom. The van der Waals surface area contributed by atoms with Gasteiger partial charge in [0, 0.05) is 26.9 Å². The Bertz CT molecular complexity index is 428. The zero-order valence-electron chi connectivity index (χ0n) is 9.20.